The van der Waals surface area contributed by atoms with Crippen LogP contribution in [0, 0.1) is 0 Å². The monoisotopic (exact) mass is 458 g/mol. The summed E-state index contributed by atoms with van der Waals surface area (Å²) >= 11 is 0. The van der Waals surface area contributed by atoms with Gasteiger partial charge in [0.1, 0.15) is 5.82 Å². The molecule has 4 rings (SSSR count). The third-order valence-electron chi connectivity index (χ3n) is 6.71. The Morgan fingerprint density at radius 2 is 1.79 bits per heavy atom. The molecule has 0 amide bonds. The molecule has 0 atom stereocenters. The standard InChI is InChI=1S/C29H38N4O/c1-5-11-26(33(14-6-2)15-7-3)25-20-32(8-4)27-19-30-28(18-24(27)29(25)34)31-23-16-21-12-9-10-13-22(21)17-23/h9-13,18-20,23H,5-8,14-17H2,1-4H3,(H,30,31)/b26-11+. The van der Waals surface area contributed by atoms with E-state index in [2.05, 4.69) is 72.8 Å². The normalized spacial score (nSPS) is 13.9. The second-order valence-corrected chi connectivity index (χ2v) is 9.25. The summed E-state index contributed by atoms with van der Waals surface area (Å²) in [5.74, 6) is 0.780. The molecule has 0 unspecified atom stereocenters. The summed E-state index contributed by atoms with van der Waals surface area (Å²) in [6.45, 7) is 11.3. The zero-order valence-corrected chi connectivity index (χ0v) is 21.1. The lowest BCUT2D eigenvalue weighted by molar-refractivity contribution is 0.394. The molecule has 0 spiro atoms. The summed E-state index contributed by atoms with van der Waals surface area (Å²) in [6, 6.07) is 10.9. The second-order valence-electron chi connectivity index (χ2n) is 9.25. The highest BCUT2D eigenvalue weighted by Gasteiger charge is 2.22. The van der Waals surface area contributed by atoms with Crippen molar-refractivity contribution in [1.82, 2.24) is 14.5 Å². The highest BCUT2D eigenvalue weighted by atomic mass is 16.1. The fourth-order valence-electron chi connectivity index (χ4n) is 5.18. The third-order valence-corrected chi connectivity index (χ3v) is 6.71. The Kier molecular flexibility index (Phi) is 7.71. The summed E-state index contributed by atoms with van der Waals surface area (Å²) in [5, 5.41) is 4.34. The van der Waals surface area contributed by atoms with Crippen molar-refractivity contribution >= 4 is 22.4 Å². The average molecular weight is 459 g/mol. The first-order valence-electron chi connectivity index (χ1n) is 12.9. The summed E-state index contributed by atoms with van der Waals surface area (Å²) in [7, 11) is 0. The van der Waals surface area contributed by atoms with Gasteiger partial charge in [0.15, 0.2) is 5.43 Å². The number of benzene rings is 1. The molecular formula is C29H38N4O. The van der Waals surface area contributed by atoms with Crippen molar-refractivity contribution in [2.24, 2.45) is 0 Å². The molecule has 0 bridgehead atoms. The van der Waals surface area contributed by atoms with Gasteiger partial charge in [0.25, 0.3) is 0 Å². The summed E-state index contributed by atoms with van der Waals surface area (Å²) < 4.78 is 2.16. The van der Waals surface area contributed by atoms with Crippen LogP contribution in [0.15, 0.2) is 53.6 Å². The number of aryl methyl sites for hydroxylation is 1. The zero-order chi connectivity index (χ0) is 24.1. The van der Waals surface area contributed by atoms with Gasteiger partial charge in [-0.2, -0.15) is 0 Å². The highest BCUT2D eigenvalue weighted by Crippen LogP contribution is 2.26. The van der Waals surface area contributed by atoms with Crippen molar-refractivity contribution in [3.05, 3.63) is 75.7 Å². The van der Waals surface area contributed by atoms with E-state index in [1.807, 2.05) is 18.5 Å². The molecule has 1 aliphatic rings. The van der Waals surface area contributed by atoms with Crippen LogP contribution >= 0.6 is 0 Å². The van der Waals surface area contributed by atoms with E-state index in [1.54, 1.807) is 0 Å². The summed E-state index contributed by atoms with van der Waals surface area (Å²) in [5.41, 5.74) is 5.65. The number of fused-ring (bicyclic) bond motifs is 2. The maximum absolute atomic E-state index is 13.9. The van der Waals surface area contributed by atoms with Crippen molar-refractivity contribution < 1.29 is 0 Å². The van der Waals surface area contributed by atoms with Crippen molar-refractivity contribution in [2.45, 2.75) is 72.4 Å². The van der Waals surface area contributed by atoms with E-state index in [0.29, 0.717) is 6.04 Å². The number of nitrogens with zero attached hydrogens (tertiary/aromatic N) is 3. The van der Waals surface area contributed by atoms with Crippen LogP contribution in [0.1, 0.15) is 63.6 Å². The largest absolute Gasteiger partial charge is 0.371 e. The predicted molar refractivity (Wildman–Crippen MR) is 143 cm³/mol. The Morgan fingerprint density at radius 3 is 2.38 bits per heavy atom. The van der Waals surface area contributed by atoms with Crippen LogP contribution in [0.2, 0.25) is 0 Å². The molecule has 0 radical (unpaired) electrons. The second kappa shape index (κ2) is 10.9. The van der Waals surface area contributed by atoms with Crippen molar-refractivity contribution in [2.75, 3.05) is 18.4 Å². The molecule has 0 saturated heterocycles. The number of pyridine rings is 2. The Morgan fingerprint density at radius 1 is 1.12 bits per heavy atom. The van der Waals surface area contributed by atoms with Crippen LogP contribution in [0.3, 0.4) is 0 Å². The smallest absolute Gasteiger partial charge is 0.198 e. The van der Waals surface area contributed by atoms with Gasteiger partial charge in [0, 0.05) is 37.6 Å². The maximum Gasteiger partial charge on any atom is 0.198 e. The fraction of sp³-hybridized carbons (Fsp3) is 0.448. The number of aromatic nitrogens is 2. The van der Waals surface area contributed by atoms with Crippen LogP contribution in [-0.4, -0.2) is 33.6 Å². The minimum atomic E-state index is 0.0942. The molecule has 0 aliphatic heterocycles. The Hall–Kier alpha value is -3.08. The van der Waals surface area contributed by atoms with Crippen LogP contribution in [0.4, 0.5) is 5.82 Å². The number of hydrogen-bond donors (Lipinski definition) is 1. The van der Waals surface area contributed by atoms with E-state index in [0.717, 1.165) is 79.7 Å². The third kappa shape index (κ3) is 4.89. The van der Waals surface area contributed by atoms with Gasteiger partial charge in [-0.25, -0.2) is 4.98 Å². The first-order valence-corrected chi connectivity index (χ1v) is 12.9. The number of hydrogen-bond acceptors (Lipinski definition) is 4. The first kappa shape index (κ1) is 24.1. The highest BCUT2D eigenvalue weighted by molar-refractivity contribution is 5.84. The average Bonchev–Trinajstić information content (AvgIpc) is 3.25. The maximum atomic E-state index is 13.9. The van der Waals surface area contributed by atoms with E-state index in [1.165, 1.54) is 11.1 Å². The quantitative estimate of drug-likeness (QED) is 0.413. The number of anilines is 1. The van der Waals surface area contributed by atoms with E-state index in [4.69, 9.17) is 4.98 Å². The number of rotatable bonds is 10. The van der Waals surface area contributed by atoms with Gasteiger partial charge >= 0.3 is 0 Å². The van der Waals surface area contributed by atoms with Gasteiger partial charge in [0.2, 0.25) is 0 Å². The van der Waals surface area contributed by atoms with Gasteiger partial charge in [-0.05, 0) is 56.2 Å². The zero-order valence-electron chi connectivity index (χ0n) is 21.1. The molecule has 2 heterocycles. The van der Waals surface area contributed by atoms with Crippen molar-refractivity contribution in [3.8, 4) is 0 Å². The molecular weight excluding hydrogens is 420 g/mol. The Labute approximate surface area is 203 Å². The lowest BCUT2D eigenvalue weighted by Crippen LogP contribution is -2.28. The molecule has 1 N–H and O–H groups in total. The molecule has 34 heavy (non-hydrogen) atoms. The predicted octanol–water partition coefficient (Wildman–Crippen LogP) is 5.87. The molecule has 180 valence electrons. The molecule has 0 saturated carbocycles. The van der Waals surface area contributed by atoms with Gasteiger partial charge in [0.05, 0.1) is 22.7 Å². The van der Waals surface area contributed by atoms with E-state index in [9.17, 15) is 4.79 Å². The van der Waals surface area contributed by atoms with Crippen LogP contribution in [-0.2, 0) is 19.4 Å². The van der Waals surface area contributed by atoms with E-state index in [-0.39, 0.29) is 5.43 Å². The molecule has 0 fully saturated rings. The van der Waals surface area contributed by atoms with Gasteiger partial charge in [-0.3, -0.25) is 4.79 Å². The molecule has 2 aromatic heterocycles. The molecule has 1 aliphatic carbocycles. The minimum Gasteiger partial charge on any atom is -0.371 e. The van der Waals surface area contributed by atoms with Gasteiger partial charge in [-0.15, -0.1) is 0 Å². The van der Waals surface area contributed by atoms with Crippen molar-refractivity contribution in [3.63, 3.8) is 0 Å². The molecule has 1 aromatic carbocycles. The number of allylic oxidation sites excluding steroid dienone is 1. The van der Waals surface area contributed by atoms with Gasteiger partial charge < -0.3 is 14.8 Å². The lowest BCUT2D eigenvalue weighted by atomic mass is 10.1. The molecule has 3 aromatic rings. The summed E-state index contributed by atoms with van der Waals surface area (Å²) in [6.07, 6.45) is 11.1. The first-order chi connectivity index (χ1) is 16.6. The van der Waals surface area contributed by atoms with Crippen LogP contribution in [0.5, 0.6) is 0 Å². The Bertz CT molecular complexity index is 1200. The van der Waals surface area contributed by atoms with Crippen molar-refractivity contribution in [1.29, 1.82) is 0 Å². The topological polar surface area (TPSA) is 50.2 Å². The minimum absolute atomic E-state index is 0.0942. The van der Waals surface area contributed by atoms with Gasteiger partial charge in [-0.1, -0.05) is 51.1 Å². The number of nitrogens with one attached hydrogen (secondary N) is 1. The molecule has 5 nitrogen and oxygen atoms in total. The van der Waals surface area contributed by atoms with Crippen LogP contribution < -0.4 is 10.7 Å². The van der Waals surface area contributed by atoms with E-state index < -0.39 is 0 Å². The fourth-order valence-corrected chi connectivity index (χ4v) is 5.18. The lowest BCUT2D eigenvalue weighted by Gasteiger charge is -2.27. The van der Waals surface area contributed by atoms with Crippen LogP contribution in [0.25, 0.3) is 16.6 Å². The summed E-state index contributed by atoms with van der Waals surface area (Å²) in [4.78, 5) is 20.9. The Balaban J connectivity index is 1.73. The molecule has 5 heteroatoms. The SMILES string of the molecule is CC/C=C(\c1cn(CC)c2cnc(NC3Cc4ccccc4C3)cc2c1=O)N(CCC)CCC. The van der Waals surface area contributed by atoms with E-state index >= 15 is 0 Å².